The number of nitriles is 1. The average Bonchev–Trinajstić information content (AvgIpc) is 2.31. The summed E-state index contributed by atoms with van der Waals surface area (Å²) in [5.41, 5.74) is 1.08. The molecule has 1 atom stereocenters. The van der Waals surface area contributed by atoms with Crippen molar-refractivity contribution in [1.29, 1.82) is 5.26 Å². The molecule has 0 aromatic heterocycles. The van der Waals surface area contributed by atoms with Crippen LogP contribution in [0.4, 0.5) is 5.69 Å². The standard InChI is InChI=1S/C13H16ClN3O/c1-8(2)16-13(18)9(3)17-12-6-10(7-15)4-5-11(12)14/h4-6,8-9,17H,1-3H3,(H,16,18). The number of nitrogens with one attached hydrogen (secondary N) is 2. The highest BCUT2D eigenvalue weighted by Crippen LogP contribution is 2.23. The number of rotatable bonds is 4. The van der Waals surface area contributed by atoms with Gasteiger partial charge in [0.1, 0.15) is 6.04 Å². The van der Waals surface area contributed by atoms with Gasteiger partial charge in [0, 0.05) is 6.04 Å². The van der Waals surface area contributed by atoms with Crippen LogP contribution in [0.25, 0.3) is 0 Å². The smallest absolute Gasteiger partial charge is 0.242 e. The van der Waals surface area contributed by atoms with E-state index in [1.165, 1.54) is 0 Å². The number of nitrogens with zero attached hydrogens (tertiary/aromatic N) is 1. The van der Waals surface area contributed by atoms with Crippen molar-refractivity contribution in [3.8, 4) is 6.07 Å². The average molecular weight is 266 g/mol. The summed E-state index contributed by atoms with van der Waals surface area (Å²) in [5, 5.41) is 15.1. The van der Waals surface area contributed by atoms with Crippen LogP contribution in [0.15, 0.2) is 18.2 Å². The number of amides is 1. The Morgan fingerprint density at radius 1 is 1.39 bits per heavy atom. The summed E-state index contributed by atoms with van der Waals surface area (Å²) < 4.78 is 0. The Kier molecular flexibility index (Phi) is 4.99. The number of carbonyl (C=O) groups is 1. The van der Waals surface area contributed by atoms with Gasteiger partial charge < -0.3 is 10.6 Å². The van der Waals surface area contributed by atoms with E-state index in [1.807, 2.05) is 19.9 Å². The molecule has 0 heterocycles. The lowest BCUT2D eigenvalue weighted by atomic mass is 10.2. The van der Waals surface area contributed by atoms with Gasteiger partial charge in [0.05, 0.1) is 22.3 Å². The number of hydrogen-bond donors (Lipinski definition) is 2. The lowest BCUT2D eigenvalue weighted by molar-refractivity contribution is -0.122. The van der Waals surface area contributed by atoms with Crippen molar-refractivity contribution in [3.05, 3.63) is 28.8 Å². The first kappa shape index (κ1) is 14.3. The second-order valence-electron chi connectivity index (χ2n) is 4.34. The fourth-order valence-electron chi connectivity index (χ4n) is 1.41. The molecule has 0 aliphatic rings. The molecule has 1 rings (SSSR count). The molecule has 0 bridgehead atoms. The van der Waals surface area contributed by atoms with E-state index in [9.17, 15) is 4.79 Å². The van der Waals surface area contributed by atoms with Crippen molar-refractivity contribution in [2.75, 3.05) is 5.32 Å². The van der Waals surface area contributed by atoms with E-state index < -0.39 is 6.04 Å². The highest BCUT2D eigenvalue weighted by atomic mass is 35.5. The predicted octanol–water partition coefficient (Wildman–Crippen LogP) is 2.54. The molecule has 0 aliphatic heterocycles. The minimum Gasteiger partial charge on any atom is -0.373 e. The van der Waals surface area contributed by atoms with Crippen LogP contribution in [0.3, 0.4) is 0 Å². The molecule has 0 saturated heterocycles. The summed E-state index contributed by atoms with van der Waals surface area (Å²) in [4.78, 5) is 11.7. The fraction of sp³-hybridized carbons (Fsp3) is 0.385. The highest BCUT2D eigenvalue weighted by molar-refractivity contribution is 6.33. The van der Waals surface area contributed by atoms with Crippen LogP contribution in [0, 0.1) is 11.3 Å². The van der Waals surface area contributed by atoms with Crippen LogP contribution in [0.5, 0.6) is 0 Å². The molecule has 1 aromatic carbocycles. The van der Waals surface area contributed by atoms with Crippen molar-refractivity contribution in [2.24, 2.45) is 0 Å². The second kappa shape index (κ2) is 6.27. The first-order valence-electron chi connectivity index (χ1n) is 5.70. The Hall–Kier alpha value is -1.73. The second-order valence-corrected chi connectivity index (χ2v) is 4.74. The summed E-state index contributed by atoms with van der Waals surface area (Å²) in [6.45, 7) is 5.54. The molecule has 0 saturated carbocycles. The zero-order valence-corrected chi connectivity index (χ0v) is 11.4. The zero-order chi connectivity index (χ0) is 13.7. The molecule has 4 nitrogen and oxygen atoms in total. The number of anilines is 1. The maximum absolute atomic E-state index is 11.7. The van der Waals surface area contributed by atoms with Crippen molar-refractivity contribution < 1.29 is 4.79 Å². The summed E-state index contributed by atoms with van der Waals surface area (Å²) in [6.07, 6.45) is 0. The quantitative estimate of drug-likeness (QED) is 0.879. The van der Waals surface area contributed by atoms with Crippen molar-refractivity contribution in [2.45, 2.75) is 32.9 Å². The van der Waals surface area contributed by atoms with Crippen molar-refractivity contribution in [1.82, 2.24) is 5.32 Å². The molecule has 2 N–H and O–H groups in total. The molecule has 0 aliphatic carbocycles. The van der Waals surface area contributed by atoms with Crippen LogP contribution in [0.1, 0.15) is 26.3 Å². The molecule has 1 aromatic rings. The Morgan fingerprint density at radius 3 is 2.61 bits per heavy atom. The minimum atomic E-state index is -0.418. The van der Waals surface area contributed by atoms with Gasteiger partial charge >= 0.3 is 0 Å². The number of halogens is 1. The van der Waals surface area contributed by atoms with Gasteiger partial charge in [0.25, 0.3) is 0 Å². The Bertz CT molecular complexity index is 480. The zero-order valence-electron chi connectivity index (χ0n) is 10.6. The van der Waals surface area contributed by atoms with Crippen LogP contribution < -0.4 is 10.6 Å². The minimum absolute atomic E-state index is 0.0858. The molecule has 96 valence electrons. The third-order valence-electron chi connectivity index (χ3n) is 2.29. The first-order valence-corrected chi connectivity index (χ1v) is 6.08. The van der Waals surface area contributed by atoms with Crippen LogP contribution >= 0.6 is 11.6 Å². The molecule has 0 spiro atoms. The van der Waals surface area contributed by atoms with Gasteiger partial charge in [-0.05, 0) is 39.0 Å². The molecular weight excluding hydrogens is 250 g/mol. The molecule has 5 heteroatoms. The predicted molar refractivity (Wildman–Crippen MR) is 72.5 cm³/mol. The van der Waals surface area contributed by atoms with Gasteiger partial charge in [-0.2, -0.15) is 5.26 Å². The van der Waals surface area contributed by atoms with Crippen LogP contribution in [-0.4, -0.2) is 18.0 Å². The Morgan fingerprint density at radius 2 is 2.06 bits per heavy atom. The maximum Gasteiger partial charge on any atom is 0.242 e. The normalized spacial score (nSPS) is 11.8. The monoisotopic (exact) mass is 265 g/mol. The lowest BCUT2D eigenvalue weighted by Crippen LogP contribution is -2.41. The first-order chi connectivity index (χ1) is 8.43. The van der Waals surface area contributed by atoms with E-state index in [-0.39, 0.29) is 11.9 Å². The van der Waals surface area contributed by atoms with Crippen LogP contribution in [0.2, 0.25) is 5.02 Å². The molecule has 1 amide bonds. The van der Waals surface area contributed by atoms with E-state index >= 15 is 0 Å². The molecule has 18 heavy (non-hydrogen) atoms. The summed E-state index contributed by atoms with van der Waals surface area (Å²) in [6, 6.07) is 6.59. The van der Waals surface area contributed by atoms with E-state index in [1.54, 1.807) is 25.1 Å². The summed E-state index contributed by atoms with van der Waals surface area (Å²) >= 11 is 6.00. The highest BCUT2D eigenvalue weighted by Gasteiger charge is 2.14. The topological polar surface area (TPSA) is 64.9 Å². The third-order valence-corrected chi connectivity index (χ3v) is 2.62. The SMILES string of the molecule is CC(C)NC(=O)C(C)Nc1cc(C#N)ccc1Cl. The van der Waals surface area contributed by atoms with E-state index in [0.717, 1.165) is 0 Å². The summed E-state index contributed by atoms with van der Waals surface area (Å²) in [7, 11) is 0. The van der Waals surface area contributed by atoms with Gasteiger partial charge in [0.2, 0.25) is 5.91 Å². The van der Waals surface area contributed by atoms with Gasteiger partial charge in [-0.15, -0.1) is 0 Å². The molecular formula is C13H16ClN3O. The molecule has 0 radical (unpaired) electrons. The van der Waals surface area contributed by atoms with Crippen molar-refractivity contribution in [3.63, 3.8) is 0 Å². The van der Waals surface area contributed by atoms with Crippen molar-refractivity contribution >= 4 is 23.2 Å². The van der Waals surface area contributed by atoms with Gasteiger partial charge in [-0.25, -0.2) is 0 Å². The fourth-order valence-corrected chi connectivity index (χ4v) is 1.59. The Labute approximate surface area is 112 Å². The van der Waals surface area contributed by atoms with Gasteiger partial charge in [-0.1, -0.05) is 11.6 Å². The van der Waals surface area contributed by atoms with Gasteiger partial charge in [0.15, 0.2) is 0 Å². The lowest BCUT2D eigenvalue weighted by Gasteiger charge is -2.17. The summed E-state index contributed by atoms with van der Waals surface area (Å²) in [5.74, 6) is -0.108. The van der Waals surface area contributed by atoms with E-state index in [4.69, 9.17) is 16.9 Å². The largest absolute Gasteiger partial charge is 0.373 e. The number of carbonyl (C=O) groups excluding carboxylic acids is 1. The number of hydrogen-bond acceptors (Lipinski definition) is 3. The van der Waals surface area contributed by atoms with Gasteiger partial charge in [-0.3, -0.25) is 4.79 Å². The third kappa shape index (κ3) is 3.94. The Balaban J connectivity index is 2.78. The maximum atomic E-state index is 11.7. The van der Waals surface area contributed by atoms with E-state index in [2.05, 4.69) is 10.6 Å². The molecule has 1 unspecified atom stereocenters. The van der Waals surface area contributed by atoms with E-state index in [0.29, 0.717) is 16.3 Å². The van der Waals surface area contributed by atoms with Crippen LogP contribution in [-0.2, 0) is 4.79 Å². The number of benzene rings is 1. The molecule has 0 fully saturated rings.